The van der Waals surface area contributed by atoms with E-state index in [4.69, 9.17) is 0 Å². The molecule has 2 aromatic rings. The first-order valence-corrected chi connectivity index (χ1v) is 10.1. The molecular formula is C17H25N3O2S. The molecule has 0 aliphatic heterocycles. The van der Waals surface area contributed by atoms with Gasteiger partial charge >= 0.3 is 0 Å². The van der Waals surface area contributed by atoms with Gasteiger partial charge in [0.25, 0.3) is 0 Å². The number of pyridine rings is 1. The lowest BCUT2D eigenvalue weighted by molar-refractivity contribution is 0.575. The first kappa shape index (κ1) is 16.5. The van der Waals surface area contributed by atoms with E-state index in [1.165, 1.54) is 0 Å². The van der Waals surface area contributed by atoms with Crippen LogP contribution in [0.25, 0.3) is 5.65 Å². The summed E-state index contributed by atoms with van der Waals surface area (Å²) in [5, 5.41) is 3.15. The summed E-state index contributed by atoms with van der Waals surface area (Å²) in [4.78, 5) is 4.59. The molecule has 1 saturated carbocycles. The maximum atomic E-state index is 12.2. The third kappa shape index (κ3) is 3.93. The number of imidazole rings is 1. The van der Waals surface area contributed by atoms with Crippen molar-refractivity contribution in [2.75, 3.05) is 18.8 Å². The normalized spacial score (nSPS) is 16.4. The summed E-state index contributed by atoms with van der Waals surface area (Å²) >= 11 is 0. The summed E-state index contributed by atoms with van der Waals surface area (Å²) < 4.78 is 26.4. The predicted molar refractivity (Wildman–Crippen MR) is 92.5 cm³/mol. The Morgan fingerprint density at radius 3 is 2.78 bits per heavy atom. The lowest BCUT2D eigenvalue weighted by atomic mass is 10.3. The lowest BCUT2D eigenvalue weighted by Crippen LogP contribution is -2.29. The molecule has 1 aliphatic rings. The fourth-order valence-corrected chi connectivity index (χ4v) is 5.10. The van der Waals surface area contributed by atoms with Crippen LogP contribution in [0.3, 0.4) is 0 Å². The van der Waals surface area contributed by atoms with E-state index in [2.05, 4.69) is 33.9 Å². The van der Waals surface area contributed by atoms with Crippen LogP contribution >= 0.6 is 0 Å². The zero-order valence-electron chi connectivity index (χ0n) is 13.7. The van der Waals surface area contributed by atoms with Crippen LogP contribution in [0.4, 0.5) is 0 Å². The zero-order chi connectivity index (χ0) is 16.3. The molecular weight excluding hydrogens is 310 g/mol. The number of hydrogen-bond acceptors (Lipinski definition) is 4. The van der Waals surface area contributed by atoms with Gasteiger partial charge in [0.1, 0.15) is 5.65 Å². The Balaban J connectivity index is 1.45. The smallest absolute Gasteiger partial charge is 0.154 e. The van der Waals surface area contributed by atoms with Crippen LogP contribution in [0.2, 0.25) is 0 Å². The molecule has 5 nitrogen and oxygen atoms in total. The minimum Gasteiger partial charge on any atom is -0.315 e. The van der Waals surface area contributed by atoms with E-state index in [9.17, 15) is 8.42 Å². The summed E-state index contributed by atoms with van der Waals surface area (Å²) in [6.07, 6.45) is 6.69. The number of aromatic nitrogens is 2. The summed E-state index contributed by atoms with van der Waals surface area (Å²) in [5.74, 6) is 0.252. The van der Waals surface area contributed by atoms with Crippen molar-refractivity contribution < 1.29 is 8.42 Å². The van der Waals surface area contributed by atoms with Gasteiger partial charge in [-0.15, -0.1) is 0 Å². The van der Waals surface area contributed by atoms with Crippen LogP contribution in [0, 0.1) is 6.92 Å². The second-order valence-corrected chi connectivity index (χ2v) is 8.80. The molecule has 0 spiro atoms. The highest BCUT2D eigenvalue weighted by Crippen LogP contribution is 2.24. The van der Waals surface area contributed by atoms with Crippen molar-refractivity contribution in [2.45, 2.75) is 44.3 Å². The van der Waals surface area contributed by atoms with Crippen LogP contribution in [0.5, 0.6) is 0 Å². The van der Waals surface area contributed by atoms with Gasteiger partial charge in [-0.25, -0.2) is 13.4 Å². The summed E-state index contributed by atoms with van der Waals surface area (Å²) in [6.45, 7) is 3.35. The number of fused-ring (bicyclic) bond motifs is 1. The predicted octanol–water partition coefficient (Wildman–Crippen LogP) is 2.13. The molecule has 2 heterocycles. The minimum absolute atomic E-state index is 0.0919. The van der Waals surface area contributed by atoms with Crippen molar-refractivity contribution in [1.29, 1.82) is 0 Å². The van der Waals surface area contributed by atoms with Crippen LogP contribution in [0.15, 0.2) is 24.4 Å². The summed E-state index contributed by atoms with van der Waals surface area (Å²) in [6, 6.07) is 6.07. The van der Waals surface area contributed by atoms with Crippen LogP contribution < -0.4 is 5.32 Å². The van der Waals surface area contributed by atoms with E-state index < -0.39 is 9.84 Å². The molecule has 6 heteroatoms. The maximum Gasteiger partial charge on any atom is 0.154 e. The Morgan fingerprint density at radius 2 is 2.04 bits per heavy atom. The zero-order valence-corrected chi connectivity index (χ0v) is 14.5. The molecule has 1 fully saturated rings. The standard InChI is InChI=1S/C17H25N3O2S/c1-14-5-4-8-17-19-15(13-20(14)17)9-10-18-11-12-23(21,22)16-6-2-3-7-16/h4-5,8,13,16,18H,2-3,6-7,9-12H2,1H3. The van der Waals surface area contributed by atoms with Gasteiger partial charge in [0.2, 0.25) is 0 Å². The molecule has 0 aromatic carbocycles. The number of nitrogens with one attached hydrogen (secondary N) is 1. The maximum absolute atomic E-state index is 12.2. The van der Waals surface area contributed by atoms with E-state index in [1.807, 2.05) is 12.1 Å². The first-order valence-electron chi connectivity index (χ1n) is 8.42. The van der Waals surface area contributed by atoms with E-state index >= 15 is 0 Å². The van der Waals surface area contributed by atoms with E-state index in [-0.39, 0.29) is 11.0 Å². The molecule has 1 N–H and O–H groups in total. The van der Waals surface area contributed by atoms with Crippen molar-refractivity contribution in [2.24, 2.45) is 0 Å². The molecule has 1 aliphatic carbocycles. The molecule has 0 saturated heterocycles. The topological polar surface area (TPSA) is 63.5 Å². The third-order valence-electron chi connectivity index (χ3n) is 4.68. The van der Waals surface area contributed by atoms with Gasteiger partial charge in [-0.05, 0) is 31.9 Å². The highest BCUT2D eigenvalue weighted by molar-refractivity contribution is 7.92. The highest BCUT2D eigenvalue weighted by Gasteiger charge is 2.27. The van der Waals surface area contributed by atoms with Crippen LogP contribution in [-0.4, -0.2) is 41.9 Å². The first-order chi connectivity index (χ1) is 11.1. The quantitative estimate of drug-likeness (QED) is 0.788. The Kier molecular flexibility index (Phi) is 5.02. The number of sulfone groups is 1. The SMILES string of the molecule is Cc1cccc2nc(CCNCCS(=O)(=O)C3CCCC3)cn12. The van der Waals surface area contributed by atoms with Gasteiger partial charge in [-0.1, -0.05) is 18.9 Å². The number of nitrogens with zero attached hydrogens (tertiary/aromatic N) is 2. The van der Waals surface area contributed by atoms with Gasteiger partial charge < -0.3 is 9.72 Å². The van der Waals surface area contributed by atoms with Gasteiger partial charge in [-0.2, -0.15) is 0 Å². The largest absolute Gasteiger partial charge is 0.315 e. The number of hydrogen-bond donors (Lipinski definition) is 1. The van der Waals surface area contributed by atoms with Crippen molar-refractivity contribution in [3.05, 3.63) is 35.8 Å². The molecule has 0 bridgehead atoms. The molecule has 126 valence electrons. The number of aryl methyl sites for hydroxylation is 1. The Hall–Kier alpha value is -1.40. The van der Waals surface area contributed by atoms with Crippen LogP contribution in [0.1, 0.15) is 37.1 Å². The molecule has 2 aromatic heterocycles. The van der Waals surface area contributed by atoms with Crippen molar-refractivity contribution in [3.63, 3.8) is 0 Å². The van der Waals surface area contributed by atoms with E-state index in [1.54, 1.807) is 0 Å². The Bertz CT molecular complexity index is 761. The number of rotatable bonds is 7. The summed E-state index contributed by atoms with van der Waals surface area (Å²) in [5.41, 5.74) is 3.16. The van der Waals surface area contributed by atoms with Crippen molar-refractivity contribution in [1.82, 2.24) is 14.7 Å². The van der Waals surface area contributed by atoms with E-state index in [0.29, 0.717) is 6.54 Å². The fourth-order valence-electron chi connectivity index (χ4n) is 3.29. The van der Waals surface area contributed by atoms with Gasteiger partial charge in [0.05, 0.1) is 16.7 Å². The summed E-state index contributed by atoms with van der Waals surface area (Å²) in [7, 11) is -2.91. The highest BCUT2D eigenvalue weighted by atomic mass is 32.2. The van der Waals surface area contributed by atoms with Gasteiger partial charge in [0.15, 0.2) is 9.84 Å². The Labute approximate surface area is 138 Å². The monoisotopic (exact) mass is 335 g/mol. The molecule has 0 amide bonds. The molecule has 23 heavy (non-hydrogen) atoms. The Morgan fingerprint density at radius 1 is 1.26 bits per heavy atom. The average molecular weight is 335 g/mol. The average Bonchev–Trinajstić information content (AvgIpc) is 3.17. The van der Waals surface area contributed by atoms with Crippen molar-refractivity contribution in [3.8, 4) is 0 Å². The molecule has 3 rings (SSSR count). The molecule has 0 radical (unpaired) electrons. The van der Waals surface area contributed by atoms with Gasteiger partial charge in [0, 0.05) is 31.4 Å². The molecule has 0 atom stereocenters. The minimum atomic E-state index is -2.91. The van der Waals surface area contributed by atoms with E-state index in [0.717, 1.165) is 55.7 Å². The lowest BCUT2D eigenvalue weighted by Gasteiger charge is -2.11. The molecule has 0 unspecified atom stereocenters. The second kappa shape index (κ2) is 7.01. The van der Waals surface area contributed by atoms with Crippen LogP contribution in [-0.2, 0) is 16.3 Å². The van der Waals surface area contributed by atoms with Gasteiger partial charge in [-0.3, -0.25) is 0 Å². The van der Waals surface area contributed by atoms with Crippen molar-refractivity contribution >= 4 is 15.5 Å². The third-order valence-corrected chi connectivity index (χ3v) is 6.94. The second-order valence-electron chi connectivity index (χ2n) is 6.40. The fraction of sp³-hybridized carbons (Fsp3) is 0.588.